The Bertz CT molecular complexity index is 1380. The van der Waals surface area contributed by atoms with E-state index in [9.17, 15) is 13.2 Å². The Hall–Kier alpha value is -3.90. The molecule has 1 amide bonds. The molecule has 0 aromatic heterocycles. The summed E-state index contributed by atoms with van der Waals surface area (Å²) in [6.45, 7) is 0.401. The molecule has 1 aliphatic rings. The normalized spacial score (nSPS) is 13.3. The monoisotopic (exact) mass is 482 g/mol. The fraction of sp³-hybridized carbons (Fsp3) is 0.138. The van der Waals surface area contributed by atoms with Crippen molar-refractivity contribution in [2.75, 3.05) is 16.2 Å². The second-order valence-electron chi connectivity index (χ2n) is 8.58. The van der Waals surface area contributed by atoms with E-state index < -0.39 is 15.9 Å². The van der Waals surface area contributed by atoms with Gasteiger partial charge in [0.05, 0.1) is 16.5 Å². The van der Waals surface area contributed by atoms with Gasteiger partial charge in [0.25, 0.3) is 10.0 Å². The maximum absolute atomic E-state index is 13.5. The number of amides is 1. The average molecular weight is 483 g/mol. The van der Waals surface area contributed by atoms with Crippen molar-refractivity contribution in [2.24, 2.45) is 0 Å². The predicted octanol–water partition coefficient (Wildman–Crippen LogP) is 5.60. The number of sulfonamides is 1. The molecule has 0 radical (unpaired) electrons. The van der Waals surface area contributed by atoms with Gasteiger partial charge in [-0.05, 0) is 53.8 Å². The van der Waals surface area contributed by atoms with Gasteiger partial charge in [-0.2, -0.15) is 0 Å². The molecule has 0 bridgehead atoms. The van der Waals surface area contributed by atoms with E-state index in [1.165, 1.54) is 4.31 Å². The van der Waals surface area contributed by atoms with E-state index in [4.69, 9.17) is 0 Å². The molecule has 1 aliphatic heterocycles. The van der Waals surface area contributed by atoms with Crippen LogP contribution in [-0.4, -0.2) is 20.9 Å². The first-order chi connectivity index (χ1) is 17.0. The zero-order chi connectivity index (χ0) is 24.3. The Labute approximate surface area is 206 Å². The molecule has 0 aliphatic carbocycles. The molecule has 5 rings (SSSR count). The number of aryl methyl sites for hydroxylation is 1. The highest BCUT2D eigenvalue weighted by molar-refractivity contribution is 7.92. The topological polar surface area (TPSA) is 66.5 Å². The van der Waals surface area contributed by atoms with Crippen LogP contribution in [0.1, 0.15) is 29.0 Å². The van der Waals surface area contributed by atoms with E-state index in [0.29, 0.717) is 17.9 Å². The van der Waals surface area contributed by atoms with E-state index in [2.05, 4.69) is 5.32 Å². The maximum Gasteiger partial charge on any atom is 0.264 e. The Kier molecular flexibility index (Phi) is 6.38. The SMILES string of the molecule is O=C(Nc1ccc2c(c1)N(S(=O)(=O)c1ccccc1)CCC2)C(c1ccccc1)c1ccccc1. The van der Waals surface area contributed by atoms with E-state index >= 15 is 0 Å². The highest BCUT2D eigenvalue weighted by Gasteiger charge is 2.30. The lowest BCUT2D eigenvalue weighted by atomic mass is 9.90. The molecule has 0 saturated heterocycles. The summed E-state index contributed by atoms with van der Waals surface area (Å²) in [4.78, 5) is 13.8. The Morgan fingerprint density at radius 2 is 1.34 bits per heavy atom. The molecule has 176 valence electrons. The number of hydrogen-bond donors (Lipinski definition) is 1. The Balaban J connectivity index is 1.48. The maximum atomic E-state index is 13.5. The van der Waals surface area contributed by atoms with E-state index in [1.807, 2.05) is 72.8 Å². The first kappa shape index (κ1) is 22.9. The van der Waals surface area contributed by atoms with Crippen LogP contribution in [0, 0.1) is 0 Å². The number of rotatable bonds is 6. The smallest absolute Gasteiger partial charge is 0.264 e. The largest absolute Gasteiger partial charge is 0.325 e. The molecule has 0 saturated carbocycles. The summed E-state index contributed by atoms with van der Waals surface area (Å²) < 4.78 is 28.3. The second kappa shape index (κ2) is 9.76. The fourth-order valence-corrected chi connectivity index (χ4v) is 6.14. The van der Waals surface area contributed by atoms with Gasteiger partial charge in [0.1, 0.15) is 0 Å². The van der Waals surface area contributed by atoms with Crippen LogP contribution < -0.4 is 9.62 Å². The van der Waals surface area contributed by atoms with Crippen molar-refractivity contribution in [3.8, 4) is 0 Å². The molecular formula is C29H26N2O3S. The van der Waals surface area contributed by atoms with Gasteiger partial charge >= 0.3 is 0 Å². The van der Waals surface area contributed by atoms with Crippen molar-refractivity contribution in [3.05, 3.63) is 126 Å². The third-order valence-corrected chi connectivity index (χ3v) is 8.12. The summed E-state index contributed by atoms with van der Waals surface area (Å²) in [6, 6.07) is 33.3. The van der Waals surface area contributed by atoms with Crippen molar-refractivity contribution in [1.82, 2.24) is 0 Å². The van der Waals surface area contributed by atoms with Crippen molar-refractivity contribution in [1.29, 1.82) is 0 Å². The molecule has 0 spiro atoms. The van der Waals surface area contributed by atoms with Gasteiger partial charge in [0, 0.05) is 12.2 Å². The van der Waals surface area contributed by atoms with Gasteiger partial charge in [-0.3, -0.25) is 9.10 Å². The summed E-state index contributed by atoms with van der Waals surface area (Å²) in [5, 5.41) is 3.04. The number of anilines is 2. The van der Waals surface area contributed by atoms with Crippen molar-refractivity contribution >= 4 is 27.3 Å². The Morgan fingerprint density at radius 3 is 1.94 bits per heavy atom. The molecule has 1 heterocycles. The van der Waals surface area contributed by atoms with E-state index in [-0.39, 0.29) is 10.8 Å². The number of nitrogens with one attached hydrogen (secondary N) is 1. The number of carbonyl (C=O) groups excluding carboxylic acids is 1. The van der Waals surface area contributed by atoms with Crippen LogP contribution in [0.15, 0.2) is 114 Å². The predicted molar refractivity (Wildman–Crippen MR) is 139 cm³/mol. The third kappa shape index (κ3) is 4.70. The molecule has 1 N–H and O–H groups in total. The number of fused-ring (bicyclic) bond motifs is 1. The molecule has 5 nitrogen and oxygen atoms in total. The standard InChI is InChI=1S/C29H26N2O3S/c32-29(28(23-11-4-1-5-12-23)24-13-6-2-7-14-24)30-25-19-18-22-15-10-20-31(27(22)21-25)35(33,34)26-16-8-3-9-17-26/h1-9,11-14,16-19,21,28H,10,15,20H2,(H,30,32). The van der Waals surface area contributed by atoms with Crippen LogP contribution in [0.25, 0.3) is 0 Å². The zero-order valence-electron chi connectivity index (χ0n) is 19.2. The zero-order valence-corrected chi connectivity index (χ0v) is 20.0. The van der Waals surface area contributed by atoms with Crippen molar-refractivity contribution in [3.63, 3.8) is 0 Å². The molecule has 0 unspecified atom stereocenters. The van der Waals surface area contributed by atoms with Crippen LogP contribution in [0.5, 0.6) is 0 Å². The highest BCUT2D eigenvalue weighted by Crippen LogP contribution is 2.35. The number of hydrogen-bond acceptors (Lipinski definition) is 3. The minimum atomic E-state index is -3.70. The van der Waals surface area contributed by atoms with E-state index in [0.717, 1.165) is 29.5 Å². The Morgan fingerprint density at radius 1 is 0.771 bits per heavy atom. The number of benzene rings is 4. The second-order valence-corrected chi connectivity index (χ2v) is 10.4. The minimum absolute atomic E-state index is 0.171. The lowest BCUT2D eigenvalue weighted by Gasteiger charge is -2.31. The van der Waals surface area contributed by atoms with Gasteiger partial charge in [-0.15, -0.1) is 0 Å². The molecule has 0 fully saturated rings. The van der Waals surface area contributed by atoms with E-state index in [1.54, 1.807) is 36.4 Å². The lowest BCUT2D eigenvalue weighted by Crippen LogP contribution is -2.35. The van der Waals surface area contributed by atoms with Gasteiger partial charge < -0.3 is 5.32 Å². The number of carbonyl (C=O) groups is 1. The summed E-state index contributed by atoms with van der Waals surface area (Å²) in [5.41, 5.74) is 3.93. The average Bonchev–Trinajstić information content (AvgIpc) is 2.90. The third-order valence-electron chi connectivity index (χ3n) is 6.29. The van der Waals surface area contributed by atoms with Crippen LogP contribution in [0.4, 0.5) is 11.4 Å². The van der Waals surface area contributed by atoms with Gasteiger partial charge in [0.15, 0.2) is 0 Å². The lowest BCUT2D eigenvalue weighted by molar-refractivity contribution is -0.116. The molecule has 35 heavy (non-hydrogen) atoms. The van der Waals surface area contributed by atoms with Crippen LogP contribution in [0.2, 0.25) is 0 Å². The first-order valence-corrected chi connectivity index (χ1v) is 13.1. The van der Waals surface area contributed by atoms with Crippen LogP contribution in [-0.2, 0) is 21.2 Å². The first-order valence-electron chi connectivity index (χ1n) is 11.7. The molecule has 0 atom stereocenters. The van der Waals surface area contributed by atoms with Crippen LogP contribution >= 0.6 is 0 Å². The summed E-state index contributed by atoms with van der Waals surface area (Å²) >= 11 is 0. The summed E-state index contributed by atoms with van der Waals surface area (Å²) in [5.74, 6) is -0.659. The quantitative estimate of drug-likeness (QED) is 0.389. The molecule has 6 heteroatoms. The molecular weight excluding hydrogens is 456 g/mol. The summed E-state index contributed by atoms with van der Waals surface area (Å²) in [6.07, 6.45) is 1.54. The summed E-state index contributed by atoms with van der Waals surface area (Å²) in [7, 11) is -3.70. The van der Waals surface area contributed by atoms with Gasteiger partial charge in [0.2, 0.25) is 5.91 Å². The molecule has 4 aromatic carbocycles. The molecule has 4 aromatic rings. The van der Waals surface area contributed by atoms with Gasteiger partial charge in [-0.1, -0.05) is 84.9 Å². The van der Waals surface area contributed by atoms with Crippen LogP contribution in [0.3, 0.4) is 0 Å². The van der Waals surface area contributed by atoms with Crippen molar-refractivity contribution in [2.45, 2.75) is 23.7 Å². The number of nitrogens with zero attached hydrogens (tertiary/aromatic N) is 1. The fourth-order valence-electron chi connectivity index (χ4n) is 4.59. The highest BCUT2D eigenvalue weighted by atomic mass is 32.2. The van der Waals surface area contributed by atoms with Crippen molar-refractivity contribution < 1.29 is 13.2 Å². The van der Waals surface area contributed by atoms with Gasteiger partial charge in [-0.25, -0.2) is 8.42 Å². The minimum Gasteiger partial charge on any atom is -0.325 e.